The lowest BCUT2D eigenvalue weighted by atomic mass is 9.88. The molecule has 0 spiro atoms. The molecule has 1 aliphatic carbocycles. The van der Waals surface area contributed by atoms with Gasteiger partial charge in [-0.3, -0.25) is 9.59 Å². The predicted octanol–water partition coefficient (Wildman–Crippen LogP) is 3.25. The summed E-state index contributed by atoms with van der Waals surface area (Å²) in [6, 6.07) is 0. The van der Waals surface area contributed by atoms with Gasteiger partial charge in [0.25, 0.3) is 0 Å². The van der Waals surface area contributed by atoms with Gasteiger partial charge in [-0.2, -0.15) is 0 Å². The Balaban J connectivity index is 2.43. The maximum absolute atomic E-state index is 12.1. The molecule has 1 rings (SSSR count). The maximum Gasteiger partial charge on any atom is 0.303 e. The second-order valence-electron chi connectivity index (χ2n) is 6.84. The number of ketones is 1. The number of hydrogen-bond acceptors (Lipinski definition) is 4. The lowest BCUT2D eigenvalue weighted by Crippen LogP contribution is -2.19. The fourth-order valence-electron chi connectivity index (χ4n) is 3.32. The molecular weight excluding hydrogens is 320 g/mol. The van der Waals surface area contributed by atoms with Crippen molar-refractivity contribution in [2.45, 2.75) is 76.9 Å². The zero-order chi connectivity index (χ0) is 18.7. The molecule has 0 aliphatic heterocycles. The van der Waals surface area contributed by atoms with Gasteiger partial charge in [-0.15, -0.1) is 0 Å². The van der Waals surface area contributed by atoms with Crippen LogP contribution in [0.15, 0.2) is 24.3 Å². The summed E-state index contributed by atoms with van der Waals surface area (Å²) < 4.78 is 0. The molecule has 0 aromatic rings. The topological polar surface area (TPSA) is 94.8 Å². The number of carboxylic acid groups (broad SMARTS) is 1. The first-order chi connectivity index (χ1) is 12.0. The Labute approximate surface area is 150 Å². The summed E-state index contributed by atoms with van der Waals surface area (Å²) in [5.74, 6) is -1.10. The van der Waals surface area contributed by atoms with Crippen LogP contribution in [0.25, 0.3) is 0 Å². The minimum absolute atomic E-state index is 0.0908. The third kappa shape index (κ3) is 8.45. The number of hydrogen-bond donors (Lipinski definition) is 3. The Bertz CT molecular complexity index is 469. The standard InChI is InChI=1S/C20H32O5/c1-2-3-6-9-15(21)12-13-17-16(18(22)14-19(17)23)10-7-4-5-8-11-20(24)25/h3,6,12-13,15-17,19,21,23H,2,4-5,7-11,14H2,1H3,(H,24,25)/b6-3+,13-12+/t15-,16+,17+,19+/m0/s1. The number of aliphatic carboxylic acids is 1. The Morgan fingerprint density at radius 3 is 2.64 bits per heavy atom. The van der Waals surface area contributed by atoms with Gasteiger partial charge in [-0.1, -0.05) is 50.5 Å². The molecule has 0 aromatic heterocycles. The Hall–Kier alpha value is -1.46. The van der Waals surface area contributed by atoms with Crippen LogP contribution in [0.3, 0.4) is 0 Å². The van der Waals surface area contributed by atoms with Crippen molar-refractivity contribution < 1.29 is 24.9 Å². The van der Waals surface area contributed by atoms with Gasteiger partial charge in [0, 0.05) is 24.7 Å². The first-order valence-electron chi connectivity index (χ1n) is 9.39. The minimum atomic E-state index is -0.772. The summed E-state index contributed by atoms with van der Waals surface area (Å²) in [6.45, 7) is 2.03. The smallest absolute Gasteiger partial charge is 0.303 e. The third-order valence-electron chi connectivity index (χ3n) is 4.72. The summed E-state index contributed by atoms with van der Waals surface area (Å²) >= 11 is 0. The summed E-state index contributed by atoms with van der Waals surface area (Å²) in [6.07, 6.45) is 12.0. The van der Waals surface area contributed by atoms with Crippen LogP contribution in [-0.4, -0.2) is 39.3 Å². The van der Waals surface area contributed by atoms with Crippen LogP contribution in [0.5, 0.6) is 0 Å². The first kappa shape index (κ1) is 21.6. The molecule has 0 amide bonds. The summed E-state index contributed by atoms with van der Waals surface area (Å²) in [5, 5.41) is 28.7. The van der Waals surface area contributed by atoms with Crippen LogP contribution < -0.4 is 0 Å². The van der Waals surface area contributed by atoms with Gasteiger partial charge in [0.05, 0.1) is 12.2 Å². The van der Waals surface area contributed by atoms with Crippen molar-refractivity contribution in [3.05, 3.63) is 24.3 Å². The van der Waals surface area contributed by atoms with Crippen molar-refractivity contribution in [3.8, 4) is 0 Å². The van der Waals surface area contributed by atoms with Gasteiger partial charge < -0.3 is 15.3 Å². The van der Waals surface area contributed by atoms with Crippen LogP contribution >= 0.6 is 0 Å². The molecule has 25 heavy (non-hydrogen) atoms. The average molecular weight is 352 g/mol. The molecule has 0 saturated heterocycles. The normalized spacial score (nSPS) is 25.2. The largest absolute Gasteiger partial charge is 0.481 e. The lowest BCUT2D eigenvalue weighted by molar-refractivity contribution is -0.137. The lowest BCUT2D eigenvalue weighted by Gasteiger charge is -2.18. The fraction of sp³-hybridized carbons (Fsp3) is 0.700. The maximum atomic E-state index is 12.1. The van der Waals surface area contributed by atoms with Crippen molar-refractivity contribution in [2.24, 2.45) is 11.8 Å². The van der Waals surface area contributed by atoms with Gasteiger partial charge >= 0.3 is 5.97 Å². The molecule has 3 N–H and O–H groups in total. The van der Waals surface area contributed by atoms with Crippen LogP contribution in [0, 0.1) is 11.8 Å². The van der Waals surface area contributed by atoms with Crippen LogP contribution in [-0.2, 0) is 9.59 Å². The fourth-order valence-corrected chi connectivity index (χ4v) is 3.32. The van der Waals surface area contributed by atoms with Gasteiger partial charge in [-0.25, -0.2) is 0 Å². The van der Waals surface area contributed by atoms with Crippen LogP contribution in [0.1, 0.15) is 64.7 Å². The second-order valence-corrected chi connectivity index (χ2v) is 6.84. The summed E-state index contributed by atoms with van der Waals surface area (Å²) in [7, 11) is 0. The molecule has 0 heterocycles. The van der Waals surface area contributed by atoms with Crippen molar-refractivity contribution in [1.82, 2.24) is 0 Å². The molecule has 0 radical (unpaired) electrons. The summed E-state index contributed by atoms with van der Waals surface area (Å²) in [5.41, 5.74) is 0. The van der Waals surface area contributed by atoms with E-state index in [0.717, 1.165) is 25.7 Å². The zero-order valence-corrected chi connectivity index (χ0v) is 15.1. The molecule has 5 nitrogen and oxygen atoms in total. The molecule has 1 aliphatic rings. The van der Waals surface area contributed by atoms with E-state index in [4.69, 9.17) is 5.11 Å². The molecule has 5 heteroatoms. The minimum Gasteiger partial charge on any atom is -0.481 e. The number of rotatable bonds is 12. The van der Waals surface area contributed by atoms with Crippen molar-refractivity contribution in [1.29, 1.82) is 0 Å². The van der Waals surface area contributed by atoms with E-state index in [1.54, 1.807) is 12.2 Å². The Morgan fingerprint density at radius 2 is 1.96 bits per heavy atom. The third-order valence-corrected chi connectivity index (χ3v) is 4.72. The van der Waals surface area contributed by atoms with Gasteiger partial charge in [0.2, 0.25) is 0 Å². The Kier molecular flexibility index (Phi) is 10.3. The van der Waals surface area contributed by atoms with Gasteiger partial charge in [0.15, 0.2) is 0 Å². The average Bonchev–Trinajstić information content (AvgIpc) is 2.82. The van der Waals surface area contributed by atoms with Crippen LogP contribution in [0.2, 0.25) is 0 Å². The monoisotopic (exact) mass is 352 g/mol. The quantitative estimate of drug-likeness (QED) is 0.370. The highest BCUT2D eigenvalue weighted by atomic mass is 16.4. The molecule has 0 unspecified atom stereocenters. The van der Waals surface area contributed by atoms with Crippen LogP contribution in [0.4, 0.5) is 0 Å². The molecule has 0 bridgehead atoms. The van der Waals surface area contributed by atoms with E-state index in [1.807, 2.05) is 19.1 Å². The number of Topliss-reactive ketones (excluding diaryl/α,β-unsaturated/α-hetero) is 1. The number of carbonyl (C=O) groups excluding carboxylic acids is 1. The molecule has 142 valence electrons. The molecular formula is C20H32O5. The summed E-state index contributed by atoms with van der Waals surface area (Å²) in [4.78, 5) is 22.6. The molecule has 1 fully saturated rings. The van der Waals surface area contributed by atoms with E-state index in [9.17, 15) is 19.8 Å². The highest BCUT2D eigenvalue weighted by Gasteiger charge is 2.39. The first-order valence-corrected chi connectivity index (χ1v) is 9.39. The van der Waals surface area contributed by atoms with E-state index >= 15 is 0 Å². The van der Waals surface area contributed by atoms with E-state index in [1.165, 1.54) is 0 Å². The second kappa shape index (κ2) is 12.0. The Morgan fingerprint density at radius 1 is 1.24 bits per heavy atom. The van der Waals surface area contributed by atoms with Crippen molar-refractivity contribution >= 4 is 11.8 Å². The number of aliphatic hydroxyl groups is 2. The molecule has 0 aromatic carbocycles. The van der Waals surface area contributed by atoms with E-state index in [0.29, 0.717) is 19.3 Å². The number of carbonyl (C=O) groups is 2. The number of allylic oxidation sites excluding steroid dienone is 1. The molecule has 4 atom stereocenters. The van der Waals surface area contributed by atoms with E-state index in [-0.39, 0.29) is 30.5 Å². The van der Waals surface area contributed by atoms with Crippen molar-refractivity contribution in [3.63, 3.8) is 0 Å². The number of unbranched alkanes of at least 4 members (excludes halogenated alkanes) is 3. The molecule has 1 saturated carbocycles. The van der Waals surface area contributed by atoms with Gasteiger partial charge in [0.1, 0.15) is 5.78 Å². The number of carboxylic acids is 1. The van der Waals surface area contributed by atoms with Gasteiger partial charge in [-0.05, 0) is 25.7 Å². The highest BCUT2D eigenvalue weighted by molar-refractivity contribution is 5.84. The highest BCUT2D eigenvalue weighted by Crippen LogP contribution is 2.34. The predicted molar refractivity (Wildman–Crippen MR) is 97.1 cm³/mol. The van der Waals surface area contributed by atoms with E-state index in [2.05, 4.69) is 0 Å². The van der Waals surface area contributed by atoms with E-state index < -0.39 is 18.2 Å². The SMILES string of the molecule is CC/C=C/C[C@H](O)/C=C/[C@H]1[C@H](O)CC(=O)[C@@H]1CCCCCCC(=O)O. The zero-order valence-electron chi connectivity index (χ0n) is 15.1. The number of aliphatic hydroxyl groups excluding tert-OH is 2. The van der Waals surface area contributed by atoms with Crippen molar-refractivity contribution in [2.75, 3.05) is 0 Å².